The molecule has 4 nitrogen and oxygen atoms in total. The number of nitrogens with zero attached hydrogens (tertiary/aromatic N) is 2. The Kier molecular flexibility index (Phi) is 1.26. The van der Waals surface area contributed by atoms with Crippen molar-refractivity contribution in [3.05, 3.63) is 18.2 Å². The molecule has 0 spiro atoms. The highest BCUT2D eigenvalue weighted by Gasteiger charge is 2.35. The SMILES string of the molecule is [2H]C1([2H])OC(=O)[C@@]([2H])(C([2H])([2H])C)[C@H]1C([2H])([2H])c1cncn1C. The Morgan fingerprint density at radius 3 is 3.33 bits per heavy atom. The molecule has 0 aromatic carbocycles. The number of imidazole rings is 1. The second kappa shape index (κ2) is 4.04. The van der Waals surface area contributed by atoms with Gasteiger partial charge in [-0.3, -0.25) is 4.79 Å². The molecule has 1 aromatic heterocycles. The Labute approximate surface area is 99.1 Å². The minimum absolute atomic E-state index is 0.0689. The van der Waals surface area contributed by atoms with E-state index in [-0.39, 0.29) is 5.69 Å². The van der Waals surface area contributed by atoms with Crippen molar-refractivity contribution in [3.63, 3.8) is 0 Å². The molecule has 0 amide bonds. The highest BCUT2D eigenvalue weighted by Crippen LogP contribution is 2.27. The number of carbonyl (C=O) groups excluding carboxylic acids is 1. The van der Waals surface area contributed by atoms with Gasteiger partial charge in [0.15, 0.2) is 0 Å². The van der Waals surface area contributed by atoms with Gasteiger partial charge in [-0.15, -0.1) is 0 Å². The van der Waals surface area contributed by atoms with E-state index >= 15 is 0 Å². The summed E-state index contributed by atoms with van der Waals surface area (Å²) in [5.41, 5.74) is -0.0689. The van der Waals surface area contributed by atoms with E-state index in [1.54, 1.807) is 0 Å². The van der Waals surface area contributed by atoms with Crippen LogP contribution >= 0.6 is 0 Å². The van der Waals surface area contributed by atoms with Crippen LogP contribution < -0.4 is 0 Å². The zero-order valence-electron chi connectivity index (χ0n) is 15.4. The van der Waals surface area contributed by atoms with Crippen molar-refractivity contribution >= 4 is 5.97 Å². The van der Waals surface area contributed by atoms with Gasteiger partial charge in [0.25, 0.3) is 0 Å². The summed E-state index contributed by atoms with van der Waals surface area (Å²) in [6.07, 6.45) is -2.60. The summed E-state index contributed by atoms with van der Waals surface area (Å²) in [4.78, 5) is 15.7. The molecule has 82 valence electrons. The first-order chi connectivity index (χ1) is 9.76. The molecule has 0 saturated carbocycles. The number of cyclic esters (lactones) is 1. The lowest BCUT2D eigenvalue weighted by Gasteiger charge is -2.12. The topological polar surface area (TPSA) is 44.1 Å². The van der Waals surface area contributed by atoms with Crippen LogP contribution in [0.1, 0.15) is 28.6 Å². The first-order valence-corrected chi connectivity index (χ1v) is 4.46. The fourth-order valence-corrected chi connectivity index (χ4v) is 1.34. The van der Waals surface area contributed by atoms with E-state index < -0.39 is 37.1 Å². The van der Waals surface area contributed by atoms with Crippen LogP contribution in [0.2, 0.25) is 0 Å². The maximum absolute atomic E-state index is 12.0. The minimum atomic E-state index is -2.82. The van der Waals surface area contributed by atoms with Crippen molar-refractivity contribution in [3.8, 4) is 0 Å². The molecule has 0 radical (unpaired) electrons. The van der Waals surface area contributed by atoms with Gasteiger partial charge >= 0.3 is 5.97 Å². The fraction of sp³-hybridized carbons (Fsp3) is 0.636. The van der Waals surface area contributed by atoms with E-state index in [2.05, 4.69) is 9.72 Å². The summed E-state index contributed by atoms with van der Waals surface area (Å²) in [6, 6.07) is 0. The summed E-state index contributed by atoms with van der Waals surface area (Å²) in [6.45, 7) is -1.88. The Balaban J connectivity index is 2.68. The van der Waals surface area contributed by atoms with Crippen LogP contribution in [0.3, 0.4) is 0 Å². The summed E-state index contributed by atoms with van der Waals surface area (Å²) >= 11 is 0. The van der Waals surface area contributed by atoms with Gasteiger partial charge in [-0.1, -0.05) is 6.92 Å². The van der Waals surface area contributed by atoms with Crippen LogP contribution in [0.15, 0.2) is 12.5 Å². The Morgan fingerprint density at radius 2 is 2.73 bits per heavy atom. The number of carbonyl (C=O) groups is 1. The number of esters is 1. The molecule has 1 fully saturated rings. The van der Waals surface area contributed by atoms with Gasteiger partial charge in [0, 0.05) is 31.7 Å². The van der Waals surface area contributed by atoms with E-state index in [1.165, 1.54) is 17.9 Å². The first kappa shape index (κ1) is 4.68. The van der Waals surface area contributed by atoms with Crippen LogP contribution in [-0.2, 0) is 23.0 Å². The third-order valence-electron chi connectivity index (χ3n) is 2.16. The van der Waals surface area contributed by atoms with Gasteiger partial charge in [-0.05, 0) is 12.7 Å². The molecule has 0 unspecified atom stereocenters. The maximum atomic E-state index is 12.0. The zero-order valence-corrected chi connectivity index (χ0v) is 8.44. The number of ether oxygens (including phenoxy) is 1. The lowest BCUT2D eigenvalue weighted by Crippen LogP contribution is -2.18. The molecule has 1 saturated heterocycles. The molecule has 15 heavy (non-hydrogen) atoms. The summed E-state index contributed by atoms with van der Waals surface area (Å²) in [7, 11) is 1.49. The second-order valence-electron chi connectivity index (χ2n) is 3.14. The lowest BCUT2D eigenvalue weighted by molar-refractivity contribution is -0.141. The Morgan fingerprint density at radius 1 is 1.93 bits per heavy atom. The Hall–Kier alpha value is -1.32. The van der Waals surface area contributed by atoms with Crippen molar-refractivity contribution in [2.75, 3.05) is 6.56 Å². The molecule has 2 heterocycles. The molecule has 0 bridgehead atoms. The van der Waals surface area contributed by atoms with Crippen LogP contribution in [-0.4, -0.2) is 22.1 Å². The average Bonchev–Trinajstić information content (AvgIpc) is 2.79. The smallest absolute Gasteiger partial charge is 0.309 e. The monoisotopic (exact) mass is 215 g/mol. The van der Waals surface area contributed by atoms with Crippen molar-refractivity contribution in [2.45, 2.75) is 19.7 Å². The lowest BCUT2D eigenvalue weighted by atomic mass is 9.89. The molecule has 2 atom stereocenters. The number of hydrogen-bond donors (Lipinski definition) is 0. The fourth-order valence-electron chi connectivity index (χ4n) is 1.34. The molecule has 1 aliphatic heterocycles. The van der Waals surface area contributed by atoms with Crippen molar-refractivity contribution in [2.24, 2.45) is 18.9 Å². The van der Waals surface area contributed by atoms with E-state index in [0.717, 1.165) is 13.1 Å². The zero-order chi connectivity index (χ0) is 17.1. The molecule has 4 heteroatoms. The predicted molar refractivity (Wildman–Crippen MR) is 55.1 cm³/mol. The number of aryl methyl sites for hydroxylation is 1. The standard InChI is InChI=1S/C11H16N2O2/c1-3-10-8(6-15-11(10)14)4-9-5-12-7-13(9)2/h5,7-8,10H,3-4,6H2,1-2H3/t8-,10-/m0/s1/i3D2,4D2,6D2,10D. The average molecular weight is 215 g/mol. The molecule has 2 rings (SSSR count). The number of hydrogen-bond acceptors (Lipinski definition) is 3. The quantitative estimate of drug-likeness (QED) is 0.711. The van der Waals surface area contributed by atoms with Crippen LogP contribution in [0.4, 0.5) is 0 Å². The van der Waals surface area contributed by atoms with Crippen LogP contribution in [0, 0.1) is 11.8 Å². The Bertz CT molecular complexity index is 610. The van der Waals surface area contributed by atoms with E-state index in [1.807, 2.05) is 0 Å². The van der Waals surface area contributed by atoms with E-state index in [4.69, 9.17) is 9.60 Å². The predicted octanol–water partition coefficient (Wildman–Crippen LogP) is 1.16. The summed E-state index contributed by atoms with van der Waals surface area (Å²) in [5, 5.41) is 0. The molecular weight excluding hydrogens is 192 g/mol. The second-order valence-corrected chi connectivity index (χ2v) is 3.14. The number of aromatic nitrogens is 2. The normalized spacial score (nSPS) is 42.7. The van der Waals surface area contributed by atoms with Gasteiger partial charge in [0.2, 0.25) is 0 Å². The van der Waals surface area contributed by atoms with Gasteiger partial charge in [-0.2, -0.15) is 0 Å². The summed E-state index contributed by atoms with van der Waals surface area (Å²) in [5.74, 6) is -6.15. The molecule has 0 aliphatic carbocycles. The van der Waals surface area contributed by atoms with Crippen molar-refractivity contribution in [1.82, 2.24) is 9.55 Å². The first-order valence-electron chi connectivity index (χ1n) is 7.96. The molecular formula is C11H16N2O2. The third-order valence-corrected chi connectivity index (χ3v) is 2.16. The third kappa shape index (κ3) is 1.89. The summed E-state index contributed by atoms with van der Waals surface area (Å²) < 4.78 is 61.6. The molecule has 1 aliphatic rings. The molecule has 0 N–H and O–H groups in total. The van der Waals surface area contributed by atoms with Crippen molar-refractivity contribution in [1.29, 1.82) is 0 Å². The highest BCUT2D eigenvalue weighted by molar-refractivity contribution is 5.74. The van der Waals surface area contributed by atoms with Crippen molar-refractivity contribution < 1.29 is 19.1 Å². The van der Waals surface area contributed by atoms with Crippen LogP contribution in [0.5, 0.6) is 0 Å². The molecule has 1 aromatic rings. The van der Waals surface area contributed by atoms with Gasteiger partial charge in [-0.25, -0.2) is 4.98 Å². The van der Waals surface area contributed by atoms with E-state index in [0.29, 0.717) is 0 Å². The van der Waals surface area contributed by atoms with Gasteiger partial charge in [0.05, 0.1) is 21.5 Å². The van der Waals surface area contributed by atoms with E-state index in [9.17, 15) is 4.79 Å². The largest absolute Gasteiger partial charge is 0.465 e. The number of rotatable bonds is 3. The van der Waals surface area contributed by atoms with Gasteiger partial charge in [0.1, 0.15) is 0 Å². The minimum Gasteiger partial charge on any atom is -0.465 e. The highest BCUT2D eigenvalue weighted by atomic mass is 16.5. The van der Waals surface area contributed by atoms with Crippen LogP contribution in [0.25, 0.3) is 0 Å². The van der Waals surface area contributed by atoms with Gasteiger partial charge < -0.3 is 9.30 Å². The maximum Gasteiger partial charge on any atom is 0.309 e.